The number of halogens is 2. The number of aliphatic hydroxyl groups excluding tert-OH is 1. The van der Waals surface area contributed by atoms with Crippen molar-refractivity contribution in [2.75, 3.05) is 18.9 Å². The number of hydrogen-bond donors (Lipinski definition) is 2. The average Bonchev–Trinajstić information content (AvgIpc) is 2.36. The van der Waals surface area contributed by atoms with Crippen molar-refractivity contribution in [1.82, 2.24) is 5.32 Å². The third kappa shape index (κ3) is 5.81. The molecule has 102 valence electrons. The van der Waals surface area contributed by atoms with Crippen molar-refractivity contribution in [2.45, 2.75) is 30.7 Å². The summed E-state index contributed by atoms with van der Waals surface area (Å²) in [7, 11) is 0. The monoisotopic (exact) mass is 307 g/mol. The lowest BCUT2D eigenvalue weighted by molar-refractivity contribution is 0.270. The van der Waals surface area contributed by atoms with Crippen molar-refractivity contribution in [3.63, 3.8) is 0 Å². The van der Waals surface area contributed by atoms with E-state index >= 15 is 0 Å². The molecule has 18 heavy (non-hydrogen) atoms. The molecule has 1 aromatic carbocycles. The molecule has 0 aliphatic carbocycles. The lowest BCUT2D eigenvalue weighted by Crippen LogP contribution is -2.32. The predicted molar refractivity (Wildman–Crippen MR) is 81.0 cm³/mol. The molecule has 0 fully saturated rings. The standard InChI is InChI=1S/C13H19Cl2NOS/c1-2-6-16-11(5-7-17)9-18-13-8-10(14)3-4-12(13)15/h3-4,8,11,16-17H,2,5-7,9H2,1H3. The summed E-state index contributed by atoms with van der Waals surface area (Å²) in [5, 5.41) is 13.9. The number of thioether (sulfide) groups is 1. The maximum Gasteiger partial charge on any atom is 0.0542 e. The minimum absolute atomic E-state index is 0.200. The molecule has 0 bridgehead atoms. The Hall–Kier alpha value is 0.0700. The molecule has 0 saturated heterocycles. The first-order valence-corrected chi connectivity index (χ1v) is 7.83. The maximum atomic E-state index is 9.04. The molecule has 2 N–H and O–H groups in total. The summed E-state index contributed by atoms with van der Waals surface area (Å²) in [5.74, 6) is 0.876. The lowest BCUT2D eigenvalue weighted by atomic mass is 10.2. The number of hydrogen-bond acceptors (Lipinski definition) is 3. The van der Waals surface area contributed by atoms with Crippen LogP contribution in [0.25, 0.3) is 0 Å². The highest BCUT2D eigenvalue weighted by molar-refractivity contribution is 7.99. The van der Waals surface area contributed by atoms with Crippen LogP contribution in [0.15, 0.2) is 23.1 Å². The molecule has 1 unspecified atom stereocenters. The van der Waals surface area contributed by atoms with Crippen LogP contribution in [0.5, 0.6) is 0 Å². The first-order valence-electron chi connectivity index (χ1n) is 6.09. The van der Waals surface area contributed by atoms with E-state index in [4.69, 9.17) is 28.3 Å². The second kappa shape index (κ2) is 9.05. The minimum atomic E-state index is 0.200. The summed E-state index contributed by atoms with van der Waals surface area (Å²) in [5.41, 5.74) is 0. The van der Waals surface area contributed by atoms with E-state index in [0.717, 1.165) is 35.1 Å². The van der Waals surface area contributed by atoms with Crippen molar-refractivity contribution in [3.8, 4) is 0 Å². The molecule has 2 nitrogen and oxygen atoms in total. The zero-order valence-corrected chi connectivity index (χ0v) is 12.8. The fourth-order valence-electron chi connectivity index (χ4n) is 1.53. The summed E-state index contributed by atoms with van der Waals surface area (Å²) in [6.45, 7) is 3.30. The third-order valence-corrected chi connectivity index (χ3v) is 4.39. The molecule has 0 amide bonds. The Morgan fingerprint density at radius 2 is 2.17 bits per heavy atom. The predicted octanol–water partition coefficient (Wildman–Crippen LogP) is 3.84. The Labute approximate surface area is 123 Å². The summed E-state index contributed by atoms with van der Waals surface area (Å²) in [4.78, 5) is 0.991. The van der Waals surface area contributed by atoms with Gasteiger partial charge in [-0.3, -0.25) is 0 Å². The zero-order valence-electron chi connectivity index (χ0n) is 10.5. The van der Waals surface area contributed by atoms with E-state index in [2.05, 4.69) is 12.2 Å². The summed E-state index contributed by atoms with van der Waals surface area (Å²) >= 11 is 13.7. The van der Waals surface area contributed by atoms with E-state index in [9.17, 15) is 0 Å². The molecule has 0 radical (unpaired) electrons. The van der Waals surface area contributed by atoms with Crippen molar-refractivity contribution in [1.29, 1.82) is 0 Å². The van der Waals surface area contributed by atoms with Gasteiger partial charge in [0.15, 0.2) is 0 Å². The van der Waals surface area contributed by atoms with Crippen LogP contribution in [0.3, 0.4) is 0 Å². The molecule has 1 atom stereocenters. The molecule has 0 aliphatic rings. The molecule has 0 saturated carbocycles. The van der Waals surface area contributed by atoms with Gasteiger partial charge in [-0.15, -0.1) is 11.8 Å². The fourth-order valence-corrected chi connectivity index (χ4v) is 3.13. The second-order valence-electron chi connectivity index (χ2n) is 4.05. The highest BCUT2D eigenvalue weighted by atomic mass is 35.5. The van der Waals surface area contributed by atoms with Gasteiger partial charge in [0, 0.05) is 28.3 Å². The Morgan fingerprint density at radius 1 is 1.39 bits per heavy atom. The normalized spacial score (nSPS) is 12.7. The van der Waals surface area contributed by atoms with Crippen molar-refractivity contribution >= 4 is 35.0 Å². The summed E-state index contributed by atoms with van der Waals surface area (Å²) in [6, 6.07) is 5.78. The maximum absolute atomic E-state index is 9.04. The van der Waals surface area contributed by atoms with E-state index in [0.29, 0.717) is 11.1 Å². The van der Waals surface area contributed by atoms with Gasteiger partial charge in [-0.05, 0) is 37.6 Å². The van der Waals surface area contributed by atoms with Gasteiger partial charge in [-0.25, -0.2) is 0 Å². The number of aliphatic hydroxyl groups is 1. The SMILES string of the molecule is CCCNC(CCO)CSc1cc(Cl)ccc1Cl. The van der Waals surface area contributed by atoms with Crippen LogP contribution in [0.1, 0.15) is 19.8 Å². The Balaban J connectivity index is 2.52. The van der Waals surface area contributed by atoms with Gasteiger partial charge in [0.2, 0.25) is 0 Å². The molecule has 1 aromatic rings. The molecular formula is C13H19Cl2NOS. The van der Waals surface area contributed by atoms with Gasteiger partial charge >= 0.3 is 0 Å². The van der Waals surface area contributed by atoms with Gasteiger partial charge in [0.1, 0.15) is 0 Å². The number of rotatable bonds is 8. The minimum Gasteiger partial charge on any atom is -0.396 e. The quantitative estimate of drug-likeness (QED) is 0.716. The van der Waals surface area contributed by atoms with E-state index < -0.39 is 0 Å². The number of nitrogens with one attached hydrogen (secondary N) is 1. The second-order valence-corrected chi connectivity index (χ2v) is 5.95. The van der Waals surface area contributed by atoms with Crippen LogP contribution in [-0.4, -0.2) is 30.1 Å². The molecule has 0 spiro atoms. The van der Waals surface area contributed by atoms with Crippen molar-refractivity contribution < 1.29 is 5.11 Å². The van der Waals surface area contributed by atoms with Crippen LogP contribution in [0.4, 0.5) is 0 Å². The molecule has 5 heteroatoms. The Kier molecular flexibility index (Phi) is 8.11. The Morgan fingerprint density at radius 3 is 2.83 bits per heavy atom. The van der Waals surface area contributed by atoms with Gasteiger partial charge in [0.05, 0.1) is 5.02 Å². The summed E-state index contributed by atoms with van der Waals surface area (Å²) in [6.07, 6.45) is 1.84. The largest absolute Gasteiger partial charge is 0.396 e. The zero-order chi connectivity index (χ0) is 13.4. The fraction of sp³-hybridized carbons (Fsp3) is 0.538. The van der Waals surface area contributed by atoms with Crippen LogP contribution in [-0.2, 0) is 0 Å². The molecule has 1 rings (SSSR count). The van der Waals surface area contributed by atoms with Gasteiger partial charge < -0.3 is 10.4 Å². The van der Waals surface area contributed by atoms with E-state index in [1.807, 2.05) is 12.1 Å². The van der Waals surface area contributed by atoms with Crippen LogP contribution in [0, 0.1) is 0 Å². The van der Waals surface area contributed by atoms with Gasteiger partial charge in [0.25, 0.3) is 0 Å². The topological polar surface area (TPSA) is 32.3 Å². The molecule has 0 aromatic heterocycles. The van der Waals surface area contributed by atoms with E-state index in [1.165, 1.54) is 0 Å². The molecule has 0 aliphatic heterocycles. The van der Waals surface area contributed by atoms with E-state index in [-0.39, 0.29) is 6.61 Å². The first-order chi connectivity index (χ1) is 8.67. The van der Waals surface area contributed by atoms with Crippen LogP contribution >= 0.6 is 35.0 Å². The highest BCUT2D eigenvalue weighted by Gasteiger charge is 2.09. The smallest absolute Gasteiger partial charge is 0.0542 e. The molecular weight excluding hydrogens is 289 g/mol. The van der Waals surface area contributed by atoms with Crippen molar-refractivity contribution in [2.24, 2.45) is 0 Å². The summed E-state index contributed by atoms with van der Waals surface area (Å²) < 4.78 is 0. The lowest BCUT2D eigenvalue weighted by Gasteiger charge is -2.17. The third-order valence-electron chi connectivity index (χ3n) is 2.49. The Bertz CT molecular complexity index is 363. The van der Waals surface area contributed by atoms with Crippen molar-refractivity contribution in [3.05, 3.63) is 28.2 Å². The first kappa shape index (κ1) is 16.1. The van der Waals surface area contributed by atoms with Gasteiger partial charge in [-0.2, -0.15) is 0 Å². The van der Waals surface area contributed by atoms with Crippen LogP contribution in [0.2, 0.25) is 10.0 Å². The van der Waals surface area contributed by atoms with Gasteiger partial charge in [-0.1, -0.05) is 30.1 Å². The van der Waals surface area contributed by atoms with E-state index in [1.54, 1.807) is 17.8 Å². The van der Waals surface area contributed by atoms with Crippen LogP contribution < -0.4 is 5.32 Å². The average molecular weight is 308 g/mol. The number of benzene rings is 1. The molecule has 0 heterocycles. The highest BCUT2D eigenvalue weighted by Crippen LogP contribution is 2.30.